The minimum Gasteiger partial charge on any atom is -0.381 e. The minimum atomic E-state index is -0.882. The van der Waals surface area contributed by atoms with Gasteiger partial charge in [0, 0.05) is 0 Å². The first-order valence-electron chi connectivity index (χ1n) is 4.24. The predicted molar refractivity (Wildman–Crippen MR) is 49.9 cm³/mol. The lowest BCUT2D eigenvalue weighted by molar-refractivity contribution is 0.504. The summed E-state index contributed by atoms with van der Waals surface area (Å²) in [6.07, 6.45) is 1.39. The maximum Gasteiger partial charge on any atom is 0.165 e. The summed E-state index contributed by atoms with van der Waals surface area (Å²) >= 11 is 0. The van der Waals surface area contributed by atoms with Crippen molar-refractivity contribution in [1.82, 2.24) is 15.0 Å². The van der Waals surface area contributed by atoms with Crippen LogP contribution in [0.25, 0.3) is 0 Å². The van der Waals surface area contributed by atoms with Crippen molar-refractivity contribution in [3.63, 3.8) is 0 Å². The number of benzene rings is 1. The molecule has 0 saturated carbocycles. The van der Waals surface area contributed by atoms with E-state index in [1.807, 2.05) is 0 Å². The fraction of sp³-hybridized carbons (Fsp3) is 0.111. The zero-order valence-electron chi connectivity index (χ0n) is 7.69. The standard InChI is InChI=1S/C9H8F2N4/c10-7-2-1-6(3-8(7)11)5-15-13-4-9(12)14-15/h1-4H,5H2,(H2,12,14). The minimum absolute atomic E-state index is 0.258. The molecule has 1 aromatic carbocycles. The van der Waals surface area contributed by atoms with E-state index < -0.39 is 11.6 Å². The lowest BCUT2D eigenvalue weighted by Gasteiger charge is -2.00. The lowest BCUT2D eigenvalue weighted by Crippen LogP contribution is -2.04. The molecular formula is C9H8F2N4. The van der Waals surface area contributed by atoms with Crippen LogP contribution in [0.3, 0.4) is 0 Å². The van der Waals surface area contributed by atoms with Gasteiger partial charge in [0.1, 0.15) is 0 Å². The summed E-state index contributed by atoms with van der Waals surface area (Å²) in [5, 5.41) is 7.65. The predicted octanol–water partition coefficient (Wildman–Crippen LogP) is 1.19. The van der Waals surface area contributed by atoms with Crippen LogP contribution >= 0.6 is 0 Å². The molecule has 0 bridgehead atoms. The zero-order valence-corrected chi connectivity index (χ0v) is 7.69. The number of nitrogens with two attached hydrogens (primary N) is 1. The lowest BCUT2D eigenvalue weighted by atomic mass is 10.2. The van der Waals surface area contributed by atoms with Gasteiger partial charge in [-0.3, -0.25) is 0 Å². The van der Waals surface area contributed by atoms with Gasteiger partial charge < -0.3 is 5.73 Å². The van der Waals surface area contributed by atoms with Gasteiger partial charge in [-0.05, 0) is 17.7 Å². The van der Waals surface area contributed by atoms with Gasteiger partial charge in [-0.2, -0.15) is 9.90 Å². The van der Waals surface area contributed by atoms with Gasteiger partial charge in [0.05, 0.1) is 12.7 Å². The number of halogens is 2. The molecule has 0 saturated heterocycles. The maximum atomic E-state index is 12.8. The smallest absolute Gasteiger partial charge is 0.165 e. The summed E-state index contributed by atoms with van der Waals surface area (Å²) in [5.41, 5.74) is 5.93. The third-order valence-corrected chi connectivity index (χ3v) is 1.86. The molecule has 0 aliphatic rings. The van der Waals surface area contributed by atoms with E-state index in [1.54, 1.807) is 0 Å². The summed E-state index contributed by atoms with van der Waals surface area (Å²) in [5.74, 6) is -1.46. The van der Waals surface area contributed by atoms with E-state index in [-0.39, 0.29) is 12.4 Å². The highest BCUT2D eigenvalue weighted by atomic mass is 19.2. The number of aromatic nitrogens is 3. The molecule has 78 valence electrons. The molecule has 2 aromatic rings. The topological polar surface area (TPSA) is 56.7 Å². The molecule has 6 heteroatoms. The van der Waals surface area contributed by atoms with Crippen LogP contribution < -0.4 is 5.73 Å². The highest BCUT2D eigenvalue weighted by molar-refractivity contribution is 5.21. The van der Waals surface area contributed by atoms with Gasteiger partial charge in [0.15, 0.2) is 17.5 Å². The molecule has 0 atom stereocenters. The molecular weight excluding hydrogens is 202 g/mol. The Morgan fingerprint density at radius 2 is 2.07 bits per heavy atom. The van der Waals surface area contributed by atoms with E-state index in [9.17, 15) is 8.78 Å². The third kappa shape index (κ3) is 2.09. The van der Waals surface area contributed by atoms with Crippen LogP contribution in [0, 0.1) is 11.6 Å². The van der Waals surface area contributed by atoms with Gasteiger partial charge in [-0.1, -0.05) is 6.07 Å². The molecule has 0 aliphatic heterocycles. The Bertz CT molecular complexity index is 481. The van der Waals surface area contributed by atoms with E-state index in [4.69, 9.17) is 5.73 Å². The summed E-state index contributed by atoms with van der Waals surface area (Å²) in [6.45, 7) is 0.258. The van der Waals surface area contributed by atoms with Gasteiger partial charge in [-0.15, -0.1) is 5.10 Å². The Labute approximate surface area is 84.3 Å². The second-order valence-electron chi connectivity index (χ2n) is 3.05. The SMILES string of the molecule is Nc1cnn(Cc2ccc(F)c(F)c2)n1. The Kier molecular flexibility index (Phi) is 2.32. The molecule has 1 heterocycles. The summed E-state index contributed by atoms with van der Waals surface area (Å²) in [4.78, 5) is 1.31. The molecule has 4 nitrogen and oxygen atoms in total. The van der Waals surface area contributed by atoms with Gasteiger partial charge >= 0.3 is 0 Å². The van der Waals surface area contributed by atoms with Crippen molar-refractivity contribution in [2.24, 2.45) is 0 Å². The van der Waals surface area contributed by atoms with Crippen molar-refractivity contribution in [2.75, 3.05) is 5.73 Å². The highest BCUT2D eigenvalue weighted by Gasteiger charge is 2.04. The van der Waals surface area contributed by atoms with Crippen molar-refractivity contribution in [3.8, 4) is 0 Å². The largest absolute Gasteiger partial charge is 0.381 e. The molecule has 0 aliphatic carbocycles. The van der Waals surface area contributed by atoms with Crippen LogP contribution in [0.5, 0.6) is 0 Å². The van der Waals surface area contributed by atoms with Crippen molar-refractivity contribution in [3.05, 3.63) is 41.6 Å². The average Bonchev–Trinajstić information content (AvgIpc) is 2.58. The van der Waals surface area contributed by atoms with Crippen LogP contribution in [0.2, 0.25) is 0 Å². The second-order valence-corrected chi connectivity index (χ2v) is 3.05. The molecule has 0 unspecified atom stereocenters. The van der Waals surface area contributed by atoms with Gasteiger partial charge in [0.2, 0.25) is 0 Å². The van der Waals surface area contributed by atoms with Gasteiger partial charge in [0.25, 0.3) is 0 Å². The number of hydrogen-bond donors (Lipinski definition) is 1. The second kappa shape index (κ2) is 3.64. The van der Waals surface area contributed by atoms with Gasteiger partial charge in [-0.25, -0.2) is 8.78 Å². The summed E-state index contributed by atoms with van der Waals surface area (Å²) in [7, 11) is 0. The Morgan fingerprint density at radius 3 is 2.67 bits per heavy atom. The maximum absolute atomic E-state index is 12.8. The van der Waals surface area contributed by atoms with E-state index >= 15 is 0 Å². The van der Waals surface area contributed by atoms with Crippen molar-refractivity contribution in [2.45, 2.75) is 6.54 Å². The molecule has 1 aromatic heterocycles. The Hall–Kier alpha value is -1.98. The quantitative estimate of drug-likeness (QED) is 0.809. The molecule has 2 rings (SSSR count). The van der Waals surface area contributed by atoms with E-state index in [0.717, 1.165) is 12.1 Å². The fourth-order valence-electron chi connectivity index (χ4n) is 1.19. The molecule has 15 heavy (non-hydrogen) atoms. The number of anilines is 1. The van der Waals surface area contributed by atoms with E-state index in [1.165, 1.54) is 17.1 Å². The highest BCUT2D eigenvalue weighted by Crippen LogP contribution is 2.09. The Balaban J connectivity index is 2.21. The molecule has 0 amide bonds. The number of nitrogen functional groups attached to an aromatic ring is 1. The number of rotatable bonds is 2. The first-order chi connectivity index (χ1) is 7.15. The average molecular weight is 210 g/mol. The van der Waals surface area contributed by atoms with Crippen LogP contribution in [-0.2, 0) is 6.54 Å². The monoisotopic (exact) mass is 210 g/mol. The molecule has 0 fully saturated rings. The Morgan fingerprint density at radius 1 is 1.27 bits per heavy atom. The van der Waals surface area contributed by atoms with Crippen molar-refractivity contribution >= 4 is 5.82 Å². The van der Waals surface area contributed by atoms with Crippen molar-refractivity contribution in [1.29, 1.82) is 0 Å². The van der Waals surface area contributed by atoms with Crippen molar-refractivity contribution < 1.29 is 8.78 Å². The molecule has 0 radical (unpaired) electrons. The fourth-order valence-corrected chi connectivity index (χ4v) is 1.19. The normalized spacial score (nSPS) is 10.5. The molecule has 0 spiro atoms. The summed E-state index contributed by atoms with van der Waals surface area (Å²) in [6, 6.07) is 3.64. The number of hydrogen-bond acceptors (Lipinski definition) is 3. The summed E-state index contributed by atoms with van der Waals surface area (Å²) < 4.78 is 25.4. The number of nitrogens with zero attached hydrogens (tertiary/aromatic N) is 3. The van der Waals surface area contributed by atoms with E-state index in [0.29, 0.717) is 5.56 Å². The van der Waals surface area contributed by atoms with Crippen LogP contribution in [0.4, 0.5) is 14.6 Å². The molecule has 2 N–H and O–H groups in total. The first-order valence-corrected chi connectivity index (χ1v) is 4.24. The zero-order chi connectivity index (χ0) is 10.8. The first kappa shape index (κ1) is 9.57. The van der Waals surface area contributed by atoms with E-state index in [2.05, 4.69) is 10.2 Å². The van der Waals surface area contributed by atoms with Crippen LogP contribution in [0.1, 0.15) is 5.56 Å². The van der Waals surface area contributed by atoms with Crippen LogP contribution in [-0.4, -0.2) is 15.0 Å². The van der Waals surface area contributed by atoms with Crippen LogP contribution in [0.15, 0.2) is 24.4 Å². The third-order valence-electron chi connectivity index (χ3n) is 1.86.